The molecule has 0 atom stereocenters. The summed E-state index contributed by atoms with van der Waals surface area (Å²) < 4.78 is 0. The largest absolute Gasteiger partial charge is 0.250 e. The molecule has 0 amide bonds. The van der Waals surface area contributed by atoms with Crippen LogP contribution in [0.3, 0.4) is 0 Å². The number of H-pyrrole nitrogens is 1. The molecule has 0 aliphatic rings. The number of nitroso groups, excluding NO2 is 1. The first-order chi connectivity index (χ1) is 6.42. The molecule has 0 fully saturated rings. The van der Waals surface area contributed by atoms with E-state index >= 15 is 0 Å². The maximum Gasteiger partial charge on any atom is 0.250 e. The van der Waals surface area contributed by atoms with E-state index < -0.39 is 0 Å². The lowest BCUT2D eigenvalue weighted by Crippen LogP contribution is -1.98. The number of aromatic amines is 1. The molecule has 0 aliphatic heterocycles. The molecule has 2 aromatic rings. The lowest BCUT2D eigenvalue weighted by molar-refractivity contribution is -0.446. The summed E-state index contributed by atoms with van der Waals surface area (Å²) in [5.41, 5.74) is 2.94. The molecule has 5 heteroatoms. The van der Waals surface area contributed by atoms with Gasteiger partial charge in [-0.2, -0.15) is 0 Å². The van der Waals surface area contributed by atoms with E-state index in [1.54, 1.807) is 17.6 Å². The van der Waals surface area contributed by atoms with Crippen molar-refractivity contribution in [3.63, 3.8) is 0 Å². The lowest BCUT2D eigenvalue weighted by atomic mass is 10.2. The fourth-order valence-corrected chi connectivity index (χ4v) is 1.67. The van der Waals surface area contributed by atoms with Crippen LogP contribution >= 0.6 is 11.3 Å². The number of rotatable bonds is 2. The van der Waals surface area contributed by atoms with E-state index in [1.165, 1.54) is 11.3 Å². The van der Waals surface area contributed by atoms with Gasteiger partial charge in [0, 0.05) is 10.7 Å². The van der Waals surface area contributed by atoms with E-state index in [9.17, 15) is 4.91 Å². The van der Waals surface area contributed by atoms with Crippen molar-refractivity contribution in [2.75, 3.05) is 0 Å². The molecule has 0 aliphatic carbocycles. The number of hydrogen-bond donors (Lipinski definition) is 0. The van der Waals surface area contributed by atoms with Crippen LogP contribution < -0.4 is 5.10 Å². The highest BCUT2D eigenvalue weighted by Crippen LogP contribution is 2.29. The molecule has 0 saturated heterocycles. The van der Waals surface area contributed by atoms with Gasteiger partial charge in [0.15, 0.2) is 5.01 Å². The van der Waals surface area contributed by atoms with E-state index in [4.69, 9.17) is 0 Å². The normalized spacial score (nSPS) is 9.85. The number of benzene rings is 1. The van der Waals surface area contributed by atoms with Crippen molar-refractivity contribution in [2.45, 2.75) is 0 Å². The molecule has 0 radical (unpaired) electrons. The van der Waals surface area contributed by atoms with Crippen molar-refractivity contribution < 1.29 is 5.10 Å². The Balaban J connectivity index is 2.57. The van der Waals surface area contributed by atoms with Crippen molar-refractivity contribution >= 4 is 17.0 Å². The Labute approximate surface area is 78.2 Å². The Kier molecular flexibility index (Phi) is 2.09. The fourth-order valence-electron chi connectivity index (χ4n) is 1.05. The lowest BCUT2D eigenvalue weighted by Gasteiger charge is -1.94. The van der Waals surface area contributed by atoms with Crippen LogP contribution in [0.2, 0.25) is 0 Å². The topological polar surface area (TPSA) is 56.5 Å². The molecule has 0 saturated carbocycles. The van der Waals surface area contributed by atoms with Crippen molar-refractivity contribution in [1.82, 2.24) is 5.10 Å². The molecule has 4 nitrogen and oxygen atoms in total. The van der Waals surface area contributed by atoms with Gasteiger partial charge in [-0.15, -0.1) is 4.91 Å². The third-order valence-electron chi connectivity index (χ3n) is 1.62. The van der Waals surface area contributed by atoms with Crippen LogP contribution in [0.15, 0.2) is 35.0 Å². The first-order valence-electron chi connectivity index (χ1n) is 3.66. The van der Waals surface area contributed by atoms with Gasteiger partial charge in [-0.05, 0) is 28.6 Å². The average Bonchev–Trinajstić information content (AvgIpc) is 2.70. The molecule has 1 heterocycles. The monoisotopic (exact) mass is 192 g/mol. The predicted octanol–water partition coefficient (Wildman–Crippen LogP) is 2.02. The third-order valence-corrected chi connectivity index (χ3v) is 2.38. The molecule has 13 heavy (non-hydrogen) atoms. The molecule has 0 unspecified atom stereocenters. The van der Waals surface area contributed by atoms with Crippen LogP contribution in [-0.4, -0.2) is 5.10 Å². The molecular weight excluding hydrogens is 186 g/mol. The van der Waals surface area contributed by atoms with Crippen LogP contribution in [-0.2, 0) is 0 Å². The van der Waals surface area contributed by atoms with Gasteiger partial charge >= 0.3 is 0 Å². The number of nitrogens with one attached hydrogen (secondary N) is 1. The highest BCUT2D eigenvalue weighted by molar-refractivity contribution is 7.12. The van der Waals surface area contributed by atoms with Gasteiger partial charge in [0.05, 0.1) is 0 Å². The smallest absolute Gasteiger partial charge is 0.145 e. The summed E-state index contributed by atoms with van der Waals surface area (Å²) in [5, 5.41) is 10.4. The molecule has 1 N–H and O–H groups in total. The van der Waals surface area contributed by atoms with Crippen LogP contribution in [0.4, 0.5) is 5.69 Å². The van der Waals surface area contributed by atoms with E-state index in [2.05, 4.69) is 15.4 Å². The van der Waals surface area contributed by atoms with Gasteiger partial charge in [0.25, 0.3) is 5.51 Å². The van der Waals surface area contributed by atoms with Crippen LogP contribution in [0.25, 0.3) is 10.6 Å². The first-order valence-corrected chi connectivity index (χ1v) is 4.54. The second kappa shape index (κ2) is 3.40. The van der Waals surface area contributed by atoms with Crippen LogP contribution in [0.5, 0.6) is 0 Å². The Hall–Kier alpha value is -1.62. The second-order valence-electron chi connectivity index (χ2n) is 2.39. The third kappa shape index (κ3) is 1.46. The quantitative estimate of drug-likeness (QED) is 0.683. The minimum Gasteiger partial charge on any atom is -0.145 e. The summed E-state index contributed by atoms with van der Waals surface area (Å²) in [7, 11) is 0. The van der Waals surface area contributed by atoms with Gasteiger partial charge in [-0.25, -0.2) is 0 Å². The van der Waals surface area contributed by atoms with Gasteiger partial charge in [-0.1, -0.05) is 17.2 Å². The van der Waals surface area contributed by atoms with Crippen LogP contribution in [0, 0.1) is 4.91 Å². The van der Waals surface area contributed by atoms with Gasteiger partial charge in [0.1, 0.15) is 5.69 Å². The molecule has 2 rings (SSSR count). The Bertz CT molecular complexity index is 413. The maximum atomic E-state index is 10.4. The standard InChI is InChI=1S/C8H5N3OS/c12-11-7-4-2-1-3-6(7)8-10-9-5-13-8/h1-5H/p+1. The average molecular weight is 192 g/mol. The van der Waals surface area contributed by atoms with Gasteiger partial charge in [-0.3, -0.25) is 0 Å². The van der Waals surface area contributed by atoms with Crippen molar-refractivity contribution in [1.29, 1.82) is 0 Å². The fraction of sp³-hybridized carbons (Fsp3) is 0. The van der Waals surface area contributed by atoms with E-state index in [-0.39, 0.29) is 0 Å². The minimum absolute atomic E-state index is 0.422. The van der Waals surface area contributed by atoms with Crippen molar-refractivity contribution in [3.05, 3.63) is 34.7 Å². The molecule has 1 aromatic carbocycles. The SMILES string of the molecule is O=Nc1ccccc1-c1n[nH+]cs1. The first kappa shape index (κ1) is 8.00. The summed E-state index contributed by atoms with van der Waals surface area (Å²) in [4.78, 5) is 10.4. The molecule has 0 bridgehead atoms. The Morgan fingerprint density at radius 1 is 1.38 bits per heavy atom. The zero-order valence-corrected chi connectivity index (χ0v) is 7.41. The molecule has 1 aromatic heterocycles. The van der Waals surface area contributed by atoms with Gasteiger partial charge in [0.2, 0.25) is 0 Å². The Morgan fingerprint density at radius 2 is 2.23 bits per heavy atom. The predicted molar refractivity (Wildman–Crippen MR) is 49.6 cm³/mol. The van der Waals surface area contributed by atoms with E-state index in [0.717, 1.165) is 10.6 Å². The van der Waals surface area contributed by atoms with Crippen LogP contribution in [0.1, 0.15) is 0 Å². The highest BCUT2D eigenvalue weighted by Gasteiger charge is 2.09. The maximum absolute atomic E-state index is 10.4. The van der Waals surface area contributed by atoms with Crippen molar-refractivity contribution in [3.8, 4) is 10.6 Å². The molecule has 64 valence electrons. The molecule has 0 spiro atoms. The number of hydrogen-bond acceptors (Lipinski definition) is 4. The summed E-state index contributed by atoms with van der Waals surface area (Å²) in [5.74, 6) is 0. The van der Waals surface area contributed by atoms with E-state index in [1.807, 2.05) is 12.1 Å². The van der Waals surface area contributed by atoms with Gasteiger partial charge < -0.3 is 0 Å². The summed E-state index contributed by atoms with van der Waals surface area (Å²) >= 11 is 1.44. The summed E-state index contributed by atoms with van der Waals surface area (Å²) in [6.07, 6.45) is 0. The summed E-state index contributed by atoms with van der Waals surface area (Å²) in [6, 6.07) is 7.12. The molecular formula is C8H6N3OS+. The Morgan fingerprint density at radius 3 is 2.92 bits per heavy atom. The number of nitrogens with zero attached hydrogens (tertiary/aromatic N) is 2. The zero-order chi connectivity index (χ0) is 9.10. The second-order valence-corrected chi connectivity index (χ2v) is 3.25. The van der Waals surface area contributed by atoms with E-state index in [0.29, 0.717) is 5.69 Å². The minimum atomic E-state index is 0.422. The summed E-state index contributed by atoms with van der Waals surface area (Å²) in [6.45, 7) is 0. The van der Waals surface area contributed by atoms with Crippen molar-refractivity contribution in [2.24, 2.45) is 5.18 Å². The number of aromatic nitrogens is 2. The highest BCUT2D eigenvalue weighted by atomic mass is 32.1. The zero-order valence-electron chi connectivity index (χ0n) is 6.60.